The van der Waals surface area contributed by atoms with Crippen molar-refractivity contribution in [2.45, 2.75) is 56.5 Å². The van der Waals surface area contributed by atoms with E-state index in [0.717, 1.165) is 50.2 Å². The lowest BCUT2D eigenvalue weighted by Gasteiger charge is -2.38. The molecule has 1 aromatic rings. The number of primary amides is 1. The summed E-state index contributed by atoms with van der Waals surface area (Å²) < 4.78 is 0. The van der Waals surface area contributed by atoms with E-state index in [-0.39, 0.29) is 17.9 Å². The van der Waals surface area contributed by atoms with Gasteiger partial charge >= 0.3 is 0 Å². The van der Waals surface area contributed by atoms with Crippen molar-refractivity contribution in [1.82, 2.24) is 9.80 Å². The van der Waals surface area contributed by atoms with Gasteiger partial charge in [0.15, 0.2) is 0 Å². The van der Waals surface area contributed by atoms with Gasteiger partial charge in [0, 0.05) is 19.1 Å². The van der Waals surface area contributed by atoms with Crippen LogP contribution in [0.1, 0.15) is 59.7 Å². The van der Waals surface area contributed by atoms with Crippen LogP contribution in [0.2, 0.25) is 0 Å². The van der Waals surface area contributed by atoms with Crippen LogP contribution in [0.15, 0.2) is 11.4 Å². The molecule has 6 heteroatoms. The number of hydrogen-bond acceptors (Lipinski definition) is 4. The van der Waals surface area contributed by atoms with Crippen molar-refractivity contribution < 1.29 is 9.59 Å². The molecule has 3 heterocycles. The van der Waals surface area contributed by atoms with Gasteiger partial charge in [0.1, 0.15) is 0 Å². The van der Waals surface area contributed by atoms with E-state index in [2.05, 4.69) is 16.3 Å². The number of rotatable bonds is 4. The molecule has 24 heavy (non-hydrogen) atoms. The van der Waals surface area contributed by atoms with Crippen LogP contribution in [-0.4, -0.2) is 53.3 Å². The molecule has 3 aliphatic rings. The van der Waals surface area contributed by atoms with Gasteiger partial charge in [-0.2, -0.15) is 0 Å². The van der Waals surface area contributed by atoms with Crippen LogP contribution in [0.25, 0.3) is 0 Å². The Kier molecular flexibility index (Phi) is 4.35. The van der Waals surface area contributed by atoms with Gasteiger partial charge in [-0.25, -0.2) is 0 Å². The summed E-state index contributed by atoms with van der Waals surface area (Å²) >= 11 is 1.59. The summed E-state index contributed by atoms with van der Waals surface area (Å²) in [5.41, 5.74) is 6.81. The molecule has 1 aliphatic carbocycles. The van der Waals surface area contributed by atoms with Crippen LogP contribution in [0.3, 0.4) is 0 Å². The number of hydrogen-bond donors (Lipinski definition) is 1. The average Bonchev–Trinajstić information content (AvgIpc) is 3.13. The van der Waals surface area contributed by atoms with Gasteiger partial charge in [0.2, 0.25) is 5.91 Å². The van der Waals surface area contributed by atoms with Crippen LogP contribution < -0.4 is 5.73 Å². The smallest absolute Gasteiger partial charge is 0.264 e. The van der Waals surface area contributed by atoms with Crippen molar-refractivity contribution in [3.63, 3.8) is 0 Å². The predicted molar refractivity (Wildman–Crippen MR) is 94.1 cm³/mol. The van der Waals surface area contributed by atoms with Crippen molar-refractivity contribution in [3.8, 4) is 0 Å². The fraction of sp³-hybridized carbons (Fsp3) is 0.667. The first-order valence-electron chi connectivity index (χ1n) is 9.07. The summed E-state index contributed by atoms with van der Waals surface area (Å²) in [6, 6.07) is 2.42. The zero-order valence-corrected chi connectivity index (χ0v) is 14.8. The van der Waals surface area contributed by atoms with Crippen molar-refractivity contribution in [3.05, 3.63) is 21.9 Å². The van der Waals surface area contributed by atoms with Gasteiger partial charge in [-0.15, -0.1) is 11.3 Å². The summed E-state index contributed by atoms with van der Waals surface area (Å²) in [6.45, 7) is 2.53. The zero-order valence-electron chi connectivity index (χ0n) is 13.9. The van der Waals surface area contributed by atoms with E-state index in [0.29, 0.717) is 12.0 Å². The number of likely N-dealkylation sites (tertiary alicyclic amines) is 2. The lowest BCUT2D eigenvalue weighted by molar-refractivity contribution is -0.123. The molecule has 0 aromatic carbocycles. The maximum Gasteiger partial charge on any atom is 0.264 e. The lowest BCUT2D eigenvalue weighted by Crippen LogP contribution is -2.51. The molecular formula is C18H25N3O2S. The molecule has 1 atom stereocenters. The molecule has 130 valence electrons. The maximum absolute atomic E-state index is 12.9. The number of nitrogens with two attached hydrogens (primary N) is 1. The molecule has 3 fully saturated rings. The van der Waals surface area contributed by atoms with Gasteiger partial charge in [-0.3, -0.25) is 14.5 Å². The SMILES string of the molecule is NC(=O)C1CCCN1C1CCN(C(=O)c2sccc2C2CC2)CC1. The highest BCUT2D eigenvalue weighted by atomic mass is 32.1. The number of carbonyl (C=O) groups is 2. The molecule has 1 aromatic heterocycles. The molecule has 0 bridgehead atoms. The minimum absolute atomic E-state index is 0.101. The number of carbonyl (C=O) groups excluding carboxylic acids is 2. The molecule has 4 rings (SSSR count). The van der Waals surface area contributed by atoms with E-state index in [4.69, 9.17) is 5.73 Å². The third-order valence-electron chi connectivity index (χ3n) is 5.75. The van der Waals surface area contributed by atoms with Crippen LogP contribution in [0.4, 0.5) is 0 Å². The van der Waals surface area contributed by atoms with Crippen molar-refractivity contribution >= 4 is 23.2 Å². The third kappa shape index (κ3) is 2.97. The first-order chi connectivity index (χ1) is 11.6. The number of piperidine rings is 1. The van der Waals surface area contributed by atoms with Gasteiger partial charge in [0.05, 0.1) is 10.9 Å². The van der Waals surface area contributed by atoms with E-state index in [1.807, 2.05) is 4.90 Å². The second-order valence-corrected chi connectivity index (χ2v) is 8.22. The number of nitrogens with zero attached hydrogens (tertiary/aromatic N) is 2. The summed E-state index contributed by atoms with van der Waals surface area (Å²) in [5, 5.41) is 2.05. The summed E-state index contributed by atoms with van der Waals surface area (Å²) in [7, 11) is 0. The summed E-state index contributed by atoms with van der Waals surface area (Å²) in [6.07, 6.45) is 6.27. The quantitative estimate of drug-likeness (QED) is 0.908. The Morgan fingerprint density at radius 1 is 1.08 bits per heavy atom. The van der Waals surface area contributed by atoms with Crippen LogP contribution in [0.5, 0.6) is 0 Å². The summed E-state index contributed by atoms with van der Waals surface area (Å²) in [5.74, 6) is 0.630. The minimum Gasteiger partial charge on any atom is -0.368 e. The number of amides is 2. The van der Waals surface area contributed by atoms with Crippen LogP contribution in [0, 0.1) is 0 Å². The van der Waals surface area contributed by atoms with E-state index >= 15 is 0 Å². The summed E-state index contributed by atoms with van der Waals surface area (Å²) in [4.78, 5) is 29.7. The molecule has 5 nitrogen and oxygen atoms in total. The largest absolute Gasteiger partial charge is 0.368 e. The molecule has 2 saturated heterocycles. The molecule has 0 spiro atoms. The maximum atomic E-state index is 12.9. The third-order valence-corrected chi connectivity index (χ3v) is 6.67. The highest BCUT2D eigenvalue weighted by Gasteiger charge is 2.37. The van der Waals surface area contributed by atoms with Gasteiger partial charge in [0.25, 0.3) is 5.91 Å². The second-order valence-electron chi connectivity index (χ2n) is 7.30. The Morgan fingerprint density at radius 2 is 1.83 bits per heavy atom. The second kappa shape index (κ2) is 6.48. The number of thiophene rings is 1. The molecule has 1 unspecified atom stereocenters. The lowest BCUT2D eigenvalue weighted by atomic mass is 10.0. The predicted octanol–water partition coefficient (Wildman–Crippen LogP) is 2.18. The van der Waals surface area contributed by atoms with Gasteiger partial charge in [-0.1, -0.05) is 0 Å². The van der Waals surface area contributed by atoms with Crippen LogP contribution in [-0.2, 0) is 4.79 Å². The molecule has 2 amide bonds. The van der Waals surface area contributed by atoms with Crippen molar-refractivity contribution in [1.29, 1.82) is 0 Å². The topological polar surface area (TPSA) is 66.6 Å². The van der Waals surface area contributed by atoms with Gasteiger partial charge < -0.3 is 10.6 Å². The average molecular weight is 347 g/mol. The van der Waals surface area contributed by atoms with Crippen molar-refractivity contribution in [2.75, 3.05) is 19.6 Å². The van der Waals surface area contributed by atoms with Crippen molar-refractivity contribution in [2.24, 2.45) is 5.73 Å². The molecule has 0 radical (unpaired) electrons. The Balaban J connectivity index is 1.38. The standard InChI is InChI=1S/C18H25N3O2S/c19-17(22)15-2-1-8-21(15)13-5-9-20(10-6-13)18(23)16-14(7-11-24-16)12-3-4-12/h7,11-13,15H,1-6,8-10H2,(H2,19,22). The molecular weight excluding hydrogens is 322 g/mol. The Morgan fingerprint density at radius 3 is 2.50 bits per heavy atom. The zero-order chi connectivity index (χ0) is 16.7. The van der Waals surface area contributed by atoms with E-state index < -0.39 is 0 Å². The van der Waals surface area contributed by atoms with E-state index in [1.165, 1.54) is 18.4 Å². The highest BCUT2D eigenvalue weighted by Crippen LogP contribution is 2.43. The Bertz CT molecular complexity index is 632. The Labute approximate surface area is 146 Å². The monoisotopic (exact) mass is 347 g/mol. The first-order valence-corrected chi connectivity index (χ1v) is 9.95. The van der Waals surface area contributed by atoms with Gasteiger partial charge in [-0.05, 0) is 68.0 Å². The van der Waals surface area contributed by atoms with E-state index in [1.54, 1.807) is 11.3 Å². The first kappa shape index (κ1) is 16.1. The van der Waals surface area contributed by atoms with Crippen LogP contribution >= 0.6 is 11.3 Å². The molecule has 2 aliphatic heterocycles. The van der Waals surface area contributed by atoms with E-state index in [9.17, 15) is 9.59 Å². The Hall–Kier alpha value is -1.40. The fourth-order valence-corrected chi connectivity index (χ4v) is 5.24. The molecule has 2 N–H and O–H groups in total. The fourth-order valence-electron chi connectivity index (χ4n) is 4.28. The minimum atomic E-state index is -0.196. The highest BCUT2D eigenvalue weighted by molar-refractivity contribution is 7.12. The molecule has 1 saturated carbocycles. The normalized spacial score (nSPS) is 26.0.